The van der Waals surface area contributed by atoms with Crippen molar-refractivity contribution in [3.8, 4) is 5.75 Å². The van der Waals surface area contributed by atoms with E-state index in [1.54, 1.807) is 12.1 Å². The van der Waals surface area contributed by atoms with Gasteiger partial charge in [-0.25, -0.2) is 4.39 Å². The van der Waals surface area contributed by atoms with Gasteiger partial charge in [0.25, 0.3) is 0 Å². The van der Waals surface area contributed by atoms with E-state index in [0.29, 0.717) is 12.2 Å². The summed E-state index contributed by atoms with van der Waals surface area (Å²) in [5.74, 6) is 0.00770. The number of hydrogen-bond acceptors (Lipinski definition) is 3. The third-order valence-electron chi connectivity index (χ3n) is 2.92. The van der Waals surface area contributed by atoms with Gasteiger partial charge in [-0.3, -0.25) is 0 Å². The predicted molar refractivity (Wildman–Crippen MR) is 70.5 cm³/mol. The molecule has 0 aromatic heterocycles. The summed E-state index contributed by atoms with van der Waals surface area (Å²) >= 11 is 0. The summed E-state index contributed by atoms with van der Waals surface area (Å²) in [5, 5.41) is 3.14. The van der Waals surface area contributed by atoms with Crippen molar-refractivity contribution in [1.29, 1.82) is 0 Å². The van der Waals surface area contributed by atoms with E-state index in [1.165, 1.54) is 7.11 Å². The van der Waals surface area contributed by atoms with Gasteiger partial charge < -0.3 is 14.8 Å². The summed E-state index contributed by atoms with van der Waals surface area (Å²) in [5.41, 5.74) is 0.647. The summed E-state index contributed by atoms with van der Waals surface area (Å²) in [6.45, 7) is 3.40. The molecule has 102 valence electrons. The van der Waals surface area contributed by atoms with Crippen LogP contribution in [0.5, 0.6) is 5.75 Å². The minimum atomic E-state index is -0.282. The molecule has 1 N–H and O–H groups in total. The maximum Gasteiger partial charge on any atom is 0.169 e. The molecule has 0 saturated heterocycles. The van der Waals surface area contributed by atoms with E-state index in [1.807, 2.05) is 20.0 Å². The van der Waals surface area contributed by atoms with E-state index in [9.17, 15) is 4.39 Å². The highest BCUT2D eigenvalue weighted by Gasteiger charge is 2.16. The molecule has 0 heterocycles. The van der Waals surface area contributed by atoms with Crippen molar-refractivity contribution in [2.45, 2.75) is 25.8 Å². The second-order valence-electron chi connectivity index (χ2n) is 4.04. The quantitative estimate of drug-likeness (QED) is 0.724. The molecule has 0 aliphatic rings. The Morgan fingerprint density at radius 3 is 2.78 bits per heavy atom. The number of methoxy groups -OCH3 is 1. The Balaban J connectivity index is 2.69. The van der Waals surface area contributed by atoms with Crippen molar-refractivity contribution in [3.05, 3.63) is 29.6 Å². The lowest BCUT2D eigenvalue weighted by Crippen LogP contribution is -2.18. The molecule has 3 nitrogen and oxygen atoms in total. The van der Waals surface area contributed by atoms with Gasteiger partial charge in [0.15, 0.2) is 11.6 Å². The highest BCUT2D eigenvalue weighted by atomic mass is 19.1. The van der Waals surface area contributed by atoms with Gasteiger partial charge in [0.1, 0.15) is 0 Å². The summed E-state index contributed by atoms with van der Waals surface area (Å²) in [4.78, 5) is 0. The first-order valence-electron chi connectivity index (χ1n) is 6.32. The number of rotatable bonds is 8. The standard InChI is InChI=1S/C14H22FNO2/c1-4-18-10-6-8-12(16-2)11-7-5-9-13(17-3)14(11)15/h5,7,9,12,16H,4,6,8,10H2,1-3H3. The van der Waals surface area contributed by atoms with Gasteiger partial charge >= 0.3 is 0 Å². The van der Waals surface area contributed by atoms with Crippen LogP contribution in [-0.4, -0.2) is 27.4 Å². The molecule has 1 atom stereocenters. The minimum Gasteiger partial charge on any atom is -0.494 e. The van der Waals surface area contributed by atoms with E-state index in [4.69, 9.17) is 9.47 Å². The van der Waals surface area contributed by atoms with Gasteiger partial charge in [-0.05, 0) is 32.9 Å². The Labute approximate surface area is 108 Å². The van der Waals surface area contributed by atoms with Gasteiger partial charge in [-0.15, -0.1) is 0 Å². The zero-order valence-corrected chi connectivity index (χ0v) is 11.3. The molecule has 1 aromatic carbocycles. The van der Waals surface area contributed by atoms with Crippen LogP contribution in [0.2, 0.25) is 0 Å². The fraction of sp³-hybridized carbons (Fsp3) is 0.571. The molecule has 0 radical (unpaired) electrons. The molecule has 0 saturated carbocycles. The number of ether oxygens (including phenoxy) is 2. The fourth-order valence-electron chi connectivity index (χ4n) is 1.94. The van der Waals surface area contributed by atoms with Crippen molar-refractivity contribution < 1.29 is 13.9 Å². The van der Waals surface area contributed by atoms with E-state index < -0.39 is 0 Å². The summed E-state index contributed by atoms with van der Waals surface area (Å²) in [6, 6.07) is 5.22. The van der Waals surface area contributed by atoms with Gasteiger partial charge in [-0.1, -0.05) is 12.1 Å². The molecular formula is C14H22FNO2. The van der Waals surface area contributed by atoms with E-state index in [2.05, 4.69) is 5.32 Å². The summed E-state index contributed by atoms with van der Waals surface area (Å²) in [6.07, 6.45) is 1.73. The molecule has 0 fully saturated rings. The van der Waals surface area contributed by atoms with Crippen LogP contribution in [0.1, 0.15) is 31.4 Å². The van der Waals surface area contributed by atoms with E-state index >= 15 is 0 Å². The first-order chi connectivity index (χ1) is 8.74. The average Bonchev–Trinajstić information content (AvgIpc) is 2.40. The van der Waals surface area contributed by atoms with Gasteiger partial charge in [0, 0.05) is 24.8 Å². The van der Waals surface area contributed by atoms with Crippen LogP contribution in [-0.2, 0) is 4.74 Å². The smallest absolute Gasteiger partial charge is 0.169 e. The lowest BCUT2D eigenvalue weighted by molar-refractivity contribution is 0.141. The third kappa shape index (κ3) is 3.96. The second kappa shape index (κ2) is 8.06. The van der Waals surface area contributed by atoms with Crippen LogP contribution in [0.3, 0.4) is 0 Å². The first kappa shape index (κ1) is 14.9. The van der Waals surface area contributed by atoms with Crippen LogP contribution < -0.4 is 10.1 Å². The Hall–Kier alpha value is -1.13. The largest absolute Gasteiger partial charge is 0.494 e. The zero-order chi connectivity index (χ0) is 13.4. The molecule has 18 heavy (non-hydrogen) atoms. The summed E-state index contributed by atoms with van der Waals surface area (Å²) in [7, 11) is 3.32. The zero-order valence-electron chi connectivity index (χ0n) is 11.3. The van der Waals surface area contributed by atoms with Gasteiger partial charge in [0.2, 0.25) is 0 Å². The lowest BCUT2D eigenvalue weighted by atomic mass is 10.0. The monoisotopic (exact) mass is 255 g/mol. The van der Waals surface area contributed by atoms with E-state index in [-0.39, 0.29) is 17.6 Å². The minimum absolute atomic E-state index is 0.0134. The molecule has 4 heteroatoms. The Kier molecular flexibility index (Phi) is 6.68. The molecule has 0 bridgehead atoms. The third-order valence-corrected chi connectivity index (χ3v) is 2.92. The maximum atomic E-state index is 14.1. The number of benzene rings is 1. The summed E-state index contributed by atoms with van der Waals surface area (Å²) < 4.78 is 24.4. The number of halogens is 1. The topological polar surface area (TPSA) is 30.5 Å². The van der Waals surface area contributed by atoms with Crippen LogP contribution in [0.25, 0.3) is 0 Å². The van der Waals surface area contributed by atoms with Crippen molar-refractivity contribution in [2.24, 2.45) is 0 Å². The lowest BCUT2D eigenvalue weighted by Gasteiger charge is -2.18. The molecule has 1 unspecified atom stereocenters. The van der Waals surface area contributed by atoms with Gasteiger partial charge in [0.05, 0.1) is 7.11 Å². The highest BCUT2D eigenvalue weighted by Crippen LogP contribution is 2.27. The van der Waals surface area contributed by atoms with Crippen LogP contribution in [0, 0.1) is 5.82 Å². The second-order valence-corrected chi connectivity index (χ2v) is 4.04. The van der Waals surface area contributed by atoms with Crippen molar-refractivity contribution in [3.63, 3.8) is 0 Å². The maximum absolute atomic E-state index is 14.1. The normalized spacial score (nSPS) is 12.4. The number of nitrogens with one attached hydrogen (secondary N) is 1. The number of hydrogen-bond donors (Lipinski definition) is 1. The predicted octanol–water partition coefficient (Wildman–Crippen LogP) is 2.91. The van der Waals surface area contributed by atoms with Crippen LogP contribution in [0.15, 0.2) is 18.2 Å². The highest BCUT2D eigenvalue weighted by molar-refractivity contribution is 5.33. The Morgan fingerprint density at radius 2 is 2.17 bits per heavy atom. The average molecular weight is 255 g/mol. The van der Waals surface area contributed by atoms with Crippen molar-refractivity contribution in [1.82, 2.24) is 5.32 Å². The van der Waals surface area contributed by atoms with Crippen LogP contribution >= 0.6 is 0 Å². The van der Waals surface area contributed by atoms with Crippen molar-refractivity contribution in [2.75, 3.05) is 27.4 Å². The molecule has 0 amide bonds. The van der Waals surface area contributed by atoms with Gasteiger partial charge in [-0.2, -0.15) is 0 Å². The molecule has 1 rings (SSSR count). The molecule has 0 aliphatic heterocycles. The molecular weight excluding hydrogens is 233 g/mol. The molecule has 1 aromatic rings. The van der Waals surface area contributed by atoms with Crippen molar-refractivity contribution >= 4 is 0 Å². The molecule has 0 spiro atoms. The Bertz CT molecular complexity index is 358. The molecule has 0 aliphatic carbocycles. The van der Waals surface area contributed by atoms with Crippen LogP contribution in [0.4, 0.5) is 4.39 Å². The first-order valence-corrected chi connectivity index (χ1v) is 6.32. The van der Waals surface area contributed by atoms with E-state index in [0.717, 1.165) is 19.4 Å². The Morgan fingerprint density at radius 1 is 1.39 bits per heavy atom. The fourth-order valence-corrected chi connectivity index (χ4v) is 1.94. The SMILES string of the molecule is CCOCCCC(NC)c1cccc(OC)c1F.